The fraction of sp³-hybridized carbons (Fsp3) is 0.800. The van der Waals surface area contributed by atoms with E-state index in [-0.39, 0.29) is 5.41 Å². The molecule has 2 unspecified atom stereocenters. The van der Waals surface area contributed by atoms with E-state index in [1.54, 1.807) is 11.3 Å². The molecule has 1 aromatic heterocycles. The summed E-state index contributed by atoms with van der Waals surface area (Å²) < 4.78 is 0. The van der Waals surface area contributed by atoms with Crippen LogP contribution in [0.4, 0.5) is 5.13 Å². The Hall–Kier alpha value is -1.17. The van der Waals surface area contributed by atoms with Crippen LogP contribution in [0, 0.1) is 11.8 Å². The Labute approximate surface area is 130 Å². The van der Waals surface area contributed by atoms with E-state index in [9.17, 15) is 4.79 Å². The summed E-state index contributed by atoms with van der Waals surface area (Å²) in [6.45, 7) is 12.0. The number of amides is 1. The Balaban J connectivity index is 1.58. The number of anilines is 1. The fourth-order valence-electron chi connectivity index (χ4n) is 2.67. The van der Waals surface area contributed by atoms with Gasteiger partial charge in [0.25, 0.3) is 0 Å². The minimum Gasteiger partial charge on any atom is -0.343 e. The molecule has 1 saturated carbocycles. The molecule has 1 amide bonds. The smallest absolute Gasteiger partial charge is 0.226 e. The molecule has 1 aliphatic heterocycles. The van der Waals surface area contributed by atoms with E-state index in [1.807, 2.05) is 4.90 Å². The fourth-order valence-corrected chi connectivity index (χ4v) is 3.62. The molecule has 0 spiro atoms. The average Bonchev–Trinajstić information content (AvgIpc) is 2.97. The van der Waals surface area contributed by atoms with Crippen molar-refractivity contribution in [3.63, 3.8) is 0 Å². The van der Waals surface area contributed by atoms with Gasteiger partial charge in [-0.3, -0.25) is 4.79 Å². The predicted octanol–water partition coefficient (Wildman–Crippen LogP) is 2.14. The van der Waals surface area contributed by atoms with Gasteiger partial charge < -0.3 is 9.80 Å². The van der Waals surface area contributed by atoms with E-state index in [1.165, 1.54) is 0 Å². The van der Waals surface area contributed by atoms with Gasteiger partial charge in [0.15, 0.2) is 0 Å². The molecule has 5 nitrogen and oxygen atoms in total. The van der Waals surface area contributed by atoms with Gasteiger partial charge in [0, 0.05) is 37.5 Å². The molecule has 21 heavy (non-hydrogen) atoms. The molecular weight excluding hydrogens is 284 g/mol. The first kappa shape index (κ1) is 14.8. The van der Waals surface area contributed by atoms with Crippen LogP contribution in [0.1, 0.15) is 39.1 Å². The zero-order valence-corrected chi connectivity index (χ0v) is 14.1. The highest BCUT2D eigenvalue weighted by molar-refractivity contribution is 7.15. The number of carbonyl (C=O) groups is 1. The second-order valence-corrected chi connectivity index (χ2v) is 8.23. The van der Waals surface area contributed by atoms with Crippen LogP contribution in [-0.2, 0) is 10.2 Å². The molecule has 3 rings (SSSR count). The number of carbonyl (C=O) groups excluding carboxylic acids is 1. The highest BCUT2D eigenvalue weighted by atomic mass is 32.1. The summed E-state index contributed by atoms with van der Waals surface area (Å²) in [5.74, 6) is 1.24. The minimum absolute atomic E-state index is 0.0514. The maximum absolute atomic E-state index is 12.2. The van der Waals surface area contributed by atoms with Gasteiger partial charge >= 0.3 is 0 Å². The van der Waals surface area contributed by atoms with Crippen LogP contribution in [0.15, 0.2) is 0 Å². The summed E-state index contributed by atoms with van der Waals surface area (Å²) >= 11 is 1.68. The van der Waals surface area contributed by atoms with Crippen LogP contribution in [0.3, 0.4) is 0 Å². The van der Waals surface area contributed by atoms with E-state index < -0.39 is 0 Å². The summed E-state index contributed by atoms with van der Waals surface area (Å²) in [7, 11) is 0. The predicted molar refractivity (Wildman–Crippen MR) is 84.7 cm³/mol. The third kappa shape index (κ3) is 3.05. The molecule has 0 aromatic carbocycles. The largest absolute Gasteiger partial charge is 0.343 e. The summed E-state index contributed by atoms with van der Waals surface area (Å²) in [5.41, 5.74) is 0.0514. The SMILES string of the molecule is CC1CC1C(=O)N1CCN(c2nnc(C(C)(C)C)s2)CC1. The molecule has 1 saturated heterocycles. The lowest BCUT2D eigenvalue weighted by atomic mass is 9.98. The monoisotopic (exact) mass is 308 g/mol. The van der Waals surface area contributed by atoms with Crippen LogP contribution >= 0.6 is 11.3 Å². The Kier molecular flexibility index (Phi) is 3.67. The van der Waals surface area contributed by atoms with E-state index in [0.717, 1.165) is 42.7 Å². The van der Waals surface area contributed by atoms with Crippen molar-refractivity contribution in [3.05, 3.63) is 5.01 Å². The van der Waals surface area contributed by atoms with Crippen molar-refractivity contribution in [3.8, 4) is 0 Å². The lowest BCUT2D eigenvalue weighted by Gasteiger charge is -2.34. The number of hydrogen-bond donors (Lipinski definition) is 0. The highest BCUT2D eigenvalue weighted by Gasteiger charge is 2.42. The van der Waals surface area contributed by atoms with Crippen LogP contribution in [-0.4, -0.2) is 47.2 Å². The summed E-state index contributed by atoms with van der Waals surface area (Å²) in [6.07, 6.45) is 1.07. The molecule has 2 fully saturated rings. The lowest BCUT2D eigenvalue weighted by molar-refractivity contribution is -0.133. The third-order valence-electron chi connectivity index (χ3n) is 4.34. The summed E-state index contributed by atoms with van der Waals surface area (Å²) in [4.78, 5) is 16.5. The average molecular weight is 308 g/mol. The molecule has 0 N–H and O–H groups in total. The molecule has 2 aliphatic rings. The standard InChI is InChI=1S/C15H24N4OS/c1-10-9-11(10)12(20)18-5-7-19(8-6-18)14-17-16-13(21-14)15(2,3)4/h10-11H,5-9H2,1-4H3. The first-order valence-electron chi connectivity index (χ1n) is 7.74. The maximum Gasteiger partial charge on any atom is 0.226 e. The van der Waals surface area contributed by atoms with E-state index >= 15 is 0 Å². The van der Waals surface area contributed by atoms with Gasteiger partial charge in [-0.05, 0) is 12.3 Å². The number of hydrogen-bond acceptors (Lipinski definition) is 5. The second kappa shape index (κ2) is 5.23. The van der Waals surface area contributed by atoms with Crippen molar-refractivity contribution in [2.45, 2.75) is 39.5 Å². The van der Waals surface area contributed by atoms with Crippen LogP contribution in [0.5, 0.6) is 0 Å². The van der Waals surface area contributed by atoms with Crippen LogP contribution < -0.4 is 4.90 Å². The van der Waals surface area contributed by atoms with Gasteiger partial charge in [-0.15, -0.1) is 10.2 Å². The zero-order valence-electron chi connectivity index (χ0n) is 13.3. The van der Waals surface area contributed by atoms with Crippen molar-refractivity contribution in [1.82, 2.24) is 15.1 Å². The van der Waals surface area contributed by atoms with Crippen molar-refractivity contribution < 1.29 is 4.79 Å². The van der Waals surface area contributed by atoms with Crippen molar-refractivity contribution in [2.75, 3.05) is 31.1 Å². The number of piperazine rings is 1. The summed E-state index contributed by atoms with van der Waals surface area (Å²) in [6, 6.07) is 0. The van der Waals surface area contributed by atoms with E-state index in [2.05, 4.69) is 42.8 Å². The molecule has 2 atom stereocenters. The van der Waals surface area contributed by atoms with Crippen molar-refractivity contribution in [1.29, 1.82) is 0 Å². The highest BCUT2D eigenvalue weighted by Crippen LogP contribution is 2.39. The molecule has 1 aliphatic carbocycles. The molecule has 116 valence electrons. The Morgan fingerprint density at radius 1 is 1.19 bits per heavy atom. The summed E-state index contributed by atoms with van der Waals surface area (Å²) in [5, 5.41) is 10.7. The Morgan fingerprint density at radius 3 is 2.29 bits per heavy atom. The van der Waals surface area contributed by atoms with Gasteiger partial charge in [0.05, 0.1) is 0 Å². The van der Waals surface area contributed by atoms with Crippen molar-refractivity contribution in [2.24, 2.45) is 11.8 Å². The second-order valence-electron chi connectivity index (χ2n) is 7.27. The minimum atomic E-state index is 0.0514. The van der Waals surface area contributed by atoms with Gasteiger partial charge in [0.2, 0.25) is 11.0 Å². The number of nitrogens with zero attached hydrogens (tertiary/aromatic N) is 4. The van der Waals surface area contributed by atoms with Gasteiger partial charge in [0.1, 0.15) is 5.01 Å². The molecule has 0 radical (unpaired) electrons. The van der Waals surface area contributed by atoms with Gasteiger partial charge in [-0.1, -0.05) is 39.0 Å². The molecule has 6 heteroatoms. The van der Waals surface area contributed by atoms with Gasteiger partial charge in [-0.2, -0.15) is 0 Å². The molecule has 0 bridgehead atoms. The maximum atomic E-state index is 12.2. The number of rotatable bonds is 2. The Bertz CT molecular complexity index is 528. The first-order chi connectivity index (χ1) is 9.86. The Morgan fingerprint density at radius 2 is 1.81 bits per heavy atom. The van der Waals surface area contributed by atoms with Crippen molar-refractivity contribution >= 4 is 22.4 Å². The third-order valence-corrected chi connectivity index (χ3v) is 5.75. The molecule has 2 heterocycles. The zero-order chi connectivity index (χ0) is 15.2. The molecular formula is C15H24N4OS. The van der Waals surface area contributed by atoms with E-state index in [4.69, 9.17) is 0 Å². The van der Waals surface area contributed by atoms with Crippen LogP contribution in [0.2, 0.25) is 0 Å². The normalized spacial score (nSPS) is 26.1. The number of aromatic nitrogens is 2. The topological polar surface area (TPSA) is 49.3 Å². The van der Waals surface area contributed by atoms with Gasteiger partial charge in [-0.25, -0.2) is 0 Å². The lowest BCUT2D eigenvalue weighted by Crippen LogP contribution is -2.49. The quantitative estimate of drug-likeness (QED) is 0.840. The van der Waals surface area contributed by atoms with E-state index in [0.29, 0.717) is 17.7 Å². The molecule has 1 aromatic rings. The van der Waals surface area contributed by atoms with Crippen LogP contribution in [0.25, 0.3) is 0 Å². The first-order valence-corrected chi connectivity index (χ1v) is 8.55.